The molecule has 3 heterocycles. The molecule has 5 nitrogen and oxygen atoms in total. The highest BCUT2D eigenvalue weighted by Gasteiger charge is 2.15. The van der Waals surface area contributed by atoms with Crippen molar-refractivity contribution in [3.63, 3.8) is 0 Å². The largest absolute Gasteiger partial charge is 0.459 e. The van der Waals surface area contributed by atoms with Crippen LogP contribution in [0.15, 0.2) is 21.9 Å². The summed E-state index contributed by atoms with van der Waals surface area (Å²) < 4.78 is 5.54. The zero-order valence-electron chi connectivity index (χ0n) is 12.0. The predicted molar refractivity (Wildman–Crippen MR) is 82.3 cm³/mol. The molecule has 1 aliphatic heterocycles. The Labute approximate surface area is 127 Å². The third-order valence-electron chi connectivity index (χ3n) is 3.55. The fourth-order valence-electron chi connectivity index (χ4n) is 2.45. The third kappa shape index (κ3) is 3.71. The first kappa shape index (κ1) is 14.3. The van der Waals surface area contributed by atoms with Crippen LogP contribution in [-0.2, 0) is 11.2 Å². The number of hydrogen-bond donors (Lipinski definition) is 2. The van der Waals surface area contributed by atoms with Crippen LogP contribution in [0, 0.1) is 6.92 Å². The van der Waals surface area contributed by atoms with Gasteiger partial charge >= 0.3 is 0 Å². The number of amides is 1. The molecule has 0 spiro atoms. The Hall–Kier alpha value is -1.66. The zero-order chi connectivity index (χ0) is 14.7. The molecule has 112 valence electrons. The monoisotopic (exact) mass is 305 g/mol. The molecule has 2 N–H and O–H groups in total. The van der Waals surface area contributed by atoms with E-state index in [-0.39, 0.29) is 5.91 Å². The van der Waals surface area contributed by atoms with E-state index in [1.54, 1.807) is 0 Å². The average Bonchev–Trinajstić information content (AvgIpc) is 3.17. The predicted octanol–water partition coefficient (Wildman–Crippen LogP) is 2.12. The highest BCUT2D eigenvalue weighted by molar-refractivity contribution is 7.13. The van der Waals surface area contributed by atoms with Gasteiger partial charge in [-0.05, 0) is 38.4 Å². The molecule has 3 rings (SSSR count). The second-order valence-corrected chi connectivity index (χ2v) is 6.19. The summed E-state index contributed by atoms with van der Waals surface area (Å²) in [5.74, 6) is 1.65. The maximum Gasteiger partial charge on any atom is 0.226 e. The summed E-state index contributed by atoms with van der Waals surface area (Å²) in [5, 5.41) is 9.07. The van der Waals surface area contributed by atoms with E-state index in [9.17, 15) is 4.79 Å². The van der Waals surface area contributed by atoms with E-state index < -0.39 is 0 Å². The van der Waals surface area contributed by atoms with E-state index in [0.29, 0.717) is 19.0 Å². The van der Waals surface area contributed by atoms with Gasteiger partial charge < -0.3 is 15.1 Å². The number of aromatic nitrogens is 1. The molecule has 2 aromatic heterocycles. The Morgan fingerprint density at radius 1 is 1.57 bits per heavy atom. The van der Waals surface area contributed by atoms with Crippen LogP contribution in [0.2, 0.25) is 0 Å². The zero-order valence-corrected chi connectivity index (χ0v) is 12.8. The van der Waals surface area contributed by atoms with Crippen molar-refractivity contribution in [1.82, 2.24) is 15.6 Å². The van der Waals surface area contributed by atoms with E-state index in [1.165, 1.54) is 17.8 Å². The molecule has 2 aromatic rings. The van der Waals surface area contributed by atoms with Gasteiger partial charge in [0.05, 0.1) is 12.1 Å². The number of aryl methyl sites for hydroxylation is 1. The molecule has 21 heavy (non-hydrogen) atoms. The van der Waals surface area contributed by atoms with Crippen LogP contribution in [0.3, 0.4) is 0 Å². The lowest BCUT2D eigenvalue weighted by Gasteiger charge is -2.10. The van der Waals surface area contributed by atoms with Gasteiger partial charge in [-0.3, -0.25) is 4.79 Å². The standard InChI is InChI=1S/C15H19N3O2S/c1-10-4-5-13(20-10)15-18-12(9-21-15)7-14(19)17-8-11-3-2-6-16-11/h4-5,9,11,16H,2-3,6-8H2,1H3,(H,17,19). The molecular weight excluding hydrogens is 286 g/mol. The first-order valence-electron chi connectivity index (χ1n) is 7.22. The highest BCUT2D eigenvalue weighted by Crippen LogP contribution is 2.25. The van der Waals surface area contributed by atoms with Crippen LogP contribution in [0.1, 0.15) is 24.3 Å². The van der Waals surface area contributed by atoms with Crippen LogP contribution in [0.25, 0.3) is 10.8 Å². The number of furan rings is 1. The van der Waals surface area contributed by atoms with Gasteiger partial charge in [0.15, 0.2) is 10.8 Å². The number of rotatable bonds is 5. The molecule has 1 fully saturated rings. The normalized spacial score (nSPS) is 18.0. The molecule has 1 unspecified atom stereocenters. The third-order valence-corrected chi connectivity index (χ3v) is 4.46. The highest BCUT2D eigenvalue weighted by atomic mass is 32.1. The van der Waals surface area contributed by atoms with Gasteiger partial charge in [0, 0.05) is 18.0 Å². The van der Waals surface area contributed by atoms with Gasteiger partial charge in [-0.25, -0.2) is 4.98 Å². The SMILES string of the molecule is Cc1ccc(-c2nc(CC(=O)NCC3CCCN3)cs2)o1. The summed E-state index contributed by atoms with van der Waals surface area (Å²) >= 11 is 1.50. The smallest absolute Gasteiger partial charge is 0.226 e. The van der Waals surface area contributed by atoms with Crippen molar-refractivity contribution in [1.29, 1.82) is 0 Å². The Balaban J connectivity index is 1.53. The topological polar surface area (TPSA) is 67.2 Å². The van der Waals surface area contributed by atoms with Crippen molar-refractivity contribution in [2.24, 2.45) is 0 Å². The van der Waals surface area contributed by atoms with Gasteiger partial charge in [0.25, 0.3) is 0 Å². The van der Waals surface area contributed by atoms with E-state index in [1.807, 2.05) is 24.4 Å². The molecule has 0 aromatic carbocycles. The van der Waals surface area contributed by atoms with Gasteiger partial charge in [0.1, 0.15) is 5.76 Å². The lowest BCUT2D eigenvalue weighted by Crippen LogP contribution is -2.37. The molecule has 1 aliphatic rings. The number of carbonyl (C=O) groups is 1. The van der Waals surface area contributed by atoms with Crippen LogP contribution in [0.4, 0.5) is 0 Å². The molecule has 0 radical (unpaired) electrons. The number of carbonyl (C=O) groups excluding carboxylic acids is 1. The Morgan fingerprint density at radius 2 is 2.48 bits per heavy atom. The fourth-order valence-corrected chi connectivity index (χ4v) is 3.23. The molecule has 0 bridgehead atoms. The number of nitrogens with zero attached hydrogens (tertiary/aromatic N) is 1. The average molecular weight is 305 g/mol. The summed E-state index contributed by atoms with van der Waals surface area (Å²) in [6, 6.07) is 4.24. The van der Waals surface area contributed by atoms with E-state index in [0.717, 1.165) is 35.2 Å². The minimum atomic E-state index is 0.0242. The summed E-state index contributed by atoms with van der Waals surface area (Å²) in [5.41, 5.74) is 0.793. The summed E-state index contributed by atoms with van der Waals surface area (Å²) in [7, 11) is 0. The summed E-state index contributed by atoms with van der Waals surface area (Å²) in [6.07, 6.45) is 2.65. The quantitative estimate of drug-likeness (QED) is 0.888. The van der Waals surface area contributed by atoms with Gasteiger partial charge in [-0.15, -0.1) is 11.3 Å². The minimum absolute atomic E-state index is 0.0242. The second kappa shape index (κ2) is 6.41. The number of thiazole rings is 1. The van der Waals surface area contributed by atoms with Crippen molar-refractivity contribution in [2.45, 2.75) is 32.2 Å². The summed E-state index contributed by atoms with van der Waals surface area (Å²) in [6.45, 7) is 3.66. The van der Waals surface area contributed by atoms with Gasteiger partial charge in [-0.2, -0.15) is 0 Å². The number of hydrogen-bond acceptors (Lipinski definition) is 5. The summed E-state index contributed by atoms with van der Waals surface area (Å²) in [4.78, 5) is 16.4. The molecule has 1 saturated heterocycles. The van der Waals surface area contributed by atoms with Gasteiger partial charge in [0.2, 0.25) is 5.91 Å². The molecule has 1 atom stereocenters. The maximum absolute atomic E-state index is 11.9. The lowest BCUT2D eigenvalue weighted by molar-refractivity contribution is -0.120. The maximum atomic E-state index is 11.9. The van der Waals surface area contributed by atoms with E-state index in [4.69, 9.17) is 4.42 Å². The van der Waals surface area contributed by atoms with E-state index in [2.05, 4.69) is 15.6 Å². The van der Waals surface area contributed by atoms with Gasteiger partial charge in [-0.1, -0.05) is 0 Å². The number of nitrogens with one attached hydrogen (secondary N) is 2. The van der Waals surface area contributed by atoms with Crippen molar-refractivity contribution < 1.29 is 9.21 Å². The Bertz CT molecular complexity index is 614. The first-order valence-corrected chi connectivity index (χ1v) is 8.10. The van der Waals surface area contributed by atoms with Crippen LogP contribution in [0.5, 0.6) is 0 Å². The molecular formula is C15H19N3O2S. The Morgan fingerprint density at radius 3 is 3.19 bits per heavy atom. The molecule has 6 heteroatoms. The van der Waals surface area contributed by atoms with Crippen LogP contribution < -0.4 is 10.6 Å². The second-order valence-electron chi connectivity index (χ2n) is 5.33. The lowest BCUT2D eigenvalue weighted by atomic mass is 10.2. The van der Waals surface area contributed by atoms with Crippen molar-refractivity contribution in [3.05, 3.63) is 29.0 Å². The molecule has 0 saturated carbocycles. The van der Waals surface area contributed by atoms with E-state index >= 15 is 0 Å². The fraction of sp³-hybridized carbons (Fsp3) is 0.467. The van der Waals surface area contributed by atoms with Crippen molar-refractivity contribution in [2.75, 3.05) is 13.1 Å². The Kier molecular flexibility index (Phi) is 4.36. The minimum Gasteiger partial charge on any atom is -0.459 e. The van der Waals surface area contributed by atoms with Crippen LogP contribution >= 0.6 is 11.3 Å². The van der Waals surface area contributed by atoms with Crippen molar-refractivity contribution >= 4 is 17.2 Å². The van der Waals surface area contributed by atoms with Crippen LogP contribution in [-0.4, -0.2) is 30.0 Å². The first-order chi connectivity index (χ1) is 10.2. The van der Waals surface area contributed by atoms with Crippen molar-refractivity contribution in [3.8, 4) is 10.8 Å². The molecule has 0 aliphatic carbocycles. The molecule has 1 amide bonds.